The SMILES string of the molecule is [2H]c1c([2H])c([2H])c(C(=O)NC2CCN(c3ncnc4c3c(Br)cn4S(=O)(=O)c3ccccc3)C([2H])C2)c([2H])c1[2H]. The van der Waals surface area contributed by atoms with Gasteiger partial charge in [-0.05, 0) is 53.0 Å². The maximum atomic E-state index is 13.3. The predicted octanol–water partition coefficient (Wildman–Crippen LogP) is 3.83. The molecule has 0 radical (unpaired) electrons. The lowest BCUT2D eigenvalue weighted by molar-refractivity contribution is 0.0931. The second-order valence-corrected chi connectivity index (χ2v) is 10.2. The van der Waals surface area contributed by atoms with Crippen molar-refractivity contribution >= 4 is 48.7 Å². The van der Waals surface area contributed by atoms with Gasteiger partial charge in [0.1, 0.15) is 12.1 Å². The van der Waals surface area contributed by atoms with Crippen molar-refractivity contribution < 1.29 is 21.4 Å². The van der Waals surface area contributed by atoms with E-state index in [1.54, 1.807) is 23.1 Å². The molecule has 2 aromatic carbocycles. The standard InChI is InChI=1S/C24H22BrN5O3S/c25-20-15-30(34(32,33)19-9-5-2-6-10-19)23-21(20)22(26-16-27-23)29-13-11-18(12-14-29)28-24(31)17-7-3-1-4-8-17/h1-10,15-16,18H,11-14H2,(H,28,31)/i1D,3D,4D,7D,8D,13D. The van der Waals surface area contributed by atoms with E-state index in [2.05, 4.69) is 31.2 Å². The number of carbonyl (C=O) groups excluding carboxylic acids is 1. The van der Waals surface area contributed by atoms with Gasteiger partial charge in [-0.1, -0.05) is 36.3 Å². The molecule has 0 spiro atoms. The summed E-state index contributed by atoms with van der Waals surface area (Å²) < 4.78 is 76.2. The molecular weight excluding hydrogens is 518 g/mol. The molecule has 3 heterocycles. The first-order chi connectivity index (χ1) is 18.9. The van der Waals surface area contributed by atoms with Gasteiger partial charge in [0.2, 0.25) is 0 Å². The van der Waals surface area contributed by atoms with Gasteiger partial charge in [-0.25, -0.2) is 22.4 Å². The van der Waals surface area contributed by atoms with Gasteiger partial charge < -0.3 is 10.2 Å². The summed E-state index contributed by atoms with van der Waals surface area (Å²) in [6.07, 6.45) is 3.15. The summed E-state index contributed by atoms with van der Waals surface area (Å²) in [4.78, 5) is 23.3. The molecule has 0 saturated carbocycles. The highest BCUT2D eigenvalue weighted by Gasteiger charge is 2.27. The molecule has 0 aliphatic carbocycles. The van der Waals surface area contributed by atoms with E-state index in [-0.39, 0.29) is 23.5 Å². The number of fused-ring (bicyclic) bond motifs is 1. The van der Waals surface area contributed by atoms with Gasteiger partial charge in [0, 0.05) is 36.7 Å². The number of benzene rings is 2. The highest BCUT2D eigenvalue weighted by atomic mass is 79.9. The highest BCUT2D eigenvalue weighted by Crippen LogP contribution is 2.35. The Balaban J connectivity index is 1.40. The molecule has 1 N–H and O–H groups in total. The van der Waals surface area contributed by atoms with Gasteiger partial charge in [0.25, 0.3) is 15.9 Å². The summed E-state index contributed by atoms with van der Waals surface area (Å²) in [7, 11) is -3.96. The van der Waals surface area contributed by atoms with Crippen molar-refractivity contribution in [2.75, 3.05) is 18.0 Å². The Bertz CT molecular complexity index is 1730. The molecule has 2 aromatic heterocycles. The number of anilines is 1. The van der Waals surface area contributed by atoms with Crippen molar-refractivity contribution in [2.45, 2.75) is 23.8 Å². The van der Waals surface area contributed by atoms with Crippen LogP contribution in [0.5, 0.6) is 0 Å². The van der Waals surface area contributed by atoms with E-state index in [1.807, 2.05) is 0 Å². The number of nitrogens with zero attached hydrogens (tertiary/aromatic N) is 4. The topological polar surface area (TPSA) is 97.2 Å². The zero-order chi connectivity index (χ0) is 28.9. The number of rotatable bonds is 5. The summed E-state index contributed by atoms with van der Waals surface area (Å²) in [5, 5.41) is 3.12. The van der Waals surface area contributed by atoms with Crippen molar-refractivity contribution in [3.8, 4) is 0 Å². The lowest BCUT2D eigenvalue weighted by atomic mass is 10.0. The van der Waals surface area contributed by atoms with Crippen LogP contribution < -0.4 is 10.2 Å². The number of piperidine rings is 1. The Labute approximate surface area is 214 Å². The average molecular weight is 546 g/mol. The van der Waals surface area contributed by atoms with Crippen LogP contribution in [0.2, 0.25) is 0 Å². The Kier molecular flexibility index (Phi) is 4.43. The molecule has 1 aliphatic heterocycles. The van der Waals surface area contributed by atoms with Gasteiger partial charge in [-0.2, -0.15) is 0 Å². The number of nitrogens with one attached hydrogen (secondary N) is 1. The molecule has 5 rings (SSSR count). The molecule has 1 amide bonds. The van der Waals surface area contributed by atoms with E-state index >= 15 is 0 Å². The van der Waals surface area contributed by atoms with Crippen LogP contribution in [0, 0.1) is 0 Å². The second-order valence-electron chi connectivity index (χ2n) is 7.56. The summed E-state index contributed by atoms with van der Waals surface area (Å²) >= 11 is 3.43. The third-order valence-corrected chi connectivity index (χ3v) is 7.71. The fraction of sp³-hybridized carbons (Fsp3) is 0.208. The van der Waals surface area contributed by atoms with Crippen LogP contribution in [0.15, 0.2) is 82.4 Å². The third kappa shape index (κ3) is 4.19. The van der Waals surface area contributed by atoms with Crippen LogP contribution in [-0.2, 0) is 10.0 Å². The first-order valence-corrected chi connectivity index (χ1v) is 12.6. The van der Waals surface area contributed by atoms with Crippen molar-refractivity contribution in [3.05, 3.63) is 83.1 Å². The molecule has 2 atom stereocenters. The maximum absolute atomic E-state index is 13.3. The zero-order valence-corrected chi connectivity index (χ0v) is 20.0. The van der Waals surface area contributed by atoms with Crippen LogP contribution in [-0.4, -0.2) is 47.4 Å². The largest absolute Gasteiger partial charge is 0.356 e. The van der Waals surface area contributed by atoms with Gasteiger partial charge in [-0.15, -0.1) is 0 Å². The van der Waals surface area contributed by atoms with Crippen molar-refractivity contribution in [2.24, 2.45) is 0 Å². The molecule has 4 aromatic rings. The molecule has 34 heavy (non-hydrogen) atoms. The van der Waals surface area contributed by atoms with Crippen molar-refractivity contribution in [1.82, 2.24) is 19.3 Å². The molecule has 174 valence electrons. The minimum Gasteiger partial charge on any atom is -0.356 e. The molecule has 10 heteroatoms. The Hall–Kier alpha value is -3.24. The Morgan fingerprint density at radius 3 is 2.65 bits per heavy atom. The summed E-state index contributed by atoms with van der Waals surface area (Å²) in [5.74, 6) is -0.452. The fourth-order valence-electron chi connectivity index (χ4n) is 3.79. The lowest BCUT2D eigenvalue weighted by Gasteiger charge is -2.33. The third-order valence-electron chi connectivity index (χ3n) is 5.45. The van der Waals surface area contributed by atoms with Crippen LogP contribution in [0.4, 0.5) is 5.82 Å². The first kappa shape index (κ1) is 16.4. The average Bonchev–Trinajstić information content (AvgIpc) is 3.29. The summed E-state index contributed by atoms with van der Waals surface area (Å²) in [5.41, 5.74) is -0.304. The minimum absolute atomic E-state index is 0.0913. The monoisotopic (exact) mass is 545 g/mol. The van der Waals surface area contributed by atoms with Gasteiger partial charge >= 0.3 is 0 Å². The molecule has 1 aliphatic rings. The lowest BCUT2D eigenvalue weighted by Crippen LogP contribution is -2.45. The van der Waals surface area contributed by atoms with Crippen LogP contribution in [0.25, 0.3) is 11.0 Å². The van der Waals surface area contributed by atoms with Crippen LogP contribution in [0.3, 0.4) is 0 Å². The van der Waals surface area contributed by atoms with Crippen molar-refractivity contribution in [3.63, 3.8) is 0 Å². The summed E-state index contributed by atoms with van der Waals surface area (Å²) in [6, 6.07) is 4.47. The smallest absolute Gasteiger partial charge is 0.269 e. The zero-order valence-electron chi connectivity index (χ0n) is 23.6. The maximum Gasteiger partial charge on any atom is 0.269 e. The van der Waals surface area contributed by atoms with Gasteiger partial charge in [-0.3, -0.25) is 4.79 Å². The molecule has 0 bridgehead atoms. The molecule has 8 nitrogen and oxygen atoms in total. The van der Waals surface area contributed by atoms with E-state index in [1.165, 1.54) is 24.7 Å². The van der Waals surface area contributed by atoms with Crippen LogP contribution in [0.1, 0.15) is 31.4 Å². The summed E-state index contributed by atoms with van der Waals surface area (Å²) in [6.45, 7) is -0.618. The highest BCUT2D eigenvalue weighted by molar-refractivity contribution is 9.10. The molecule has 1 fully saturated rings. The Morgan fingerprint density at radius 2 is 1.91 bits per heavy atom. The van der Waals surface area contributed by atoms with E-state index in [4.69, 9.17) is 8.22 Å². The number of carbonyl (C=O) groups is 1. The number of halogens is 1. The van der Waals surface area contributed by atoms with Gasteiger partial charge in [0.15, 0.2) is 5.65 Å². The van der Waals surface area contributed by atoms with Crippen molar-refractivity contribution in [1.29, 1.82) is 0 Å². The Morgan fingerprint density at radius 1 is 1.15 bits per heavy atom. The number of hydrogen-bond donors (Lipinski definition) is 1. The molecule has 2 unspecified atom stereocenters. The quantitative estimate of drug-likeness (QED) is 0.409. The van der Waals surface area contributed by atoms with E-state index < -0.39 is 64.3 Å². The number of hydrogen-bond acceptors (Lipinski definition) is 6. The molecular formula is C24H22BrN5O3S. The minimum atomic E-state index is -3.96. The fourth-order valence-corrected chi connectivity index (χ4v) is 5.82. The predicted molar refractivity (Wildman–Crippen MR) is 133 cm³/mol. The molecule has 1 saturated heterocycles. The normalized spacial score (nSPS) is 21.1. The van der Waals surface area contributed by atoms with E-state index in [0.717, 1.165) is 3.97 Å². The second kappa shape index (κ2) is 9.19. The first-order valence-electron chi connectivity index (χ1n) is 13.4. The van der Waals surface area contributed by atoms with Crippen LogP contribution >= 0.6 is 15.9 Å². The van der Waals surface area contributed by atoms with E-state index in [9.17, 15) is 13.2 Å². The van der Waals surface area contributed by atoms with E-state index in [0.29, 0.717) is 22.1 Å². The van der Waals surface area contributed by atoms with Gasteiger partial charge in [0.05, 0.1) is 17.1 Å². The number of aromatic nitrogens is 3. The number of amides is 1.